The van der Waals surface area contributed by atoms with Crippen LogP contribution in [0.3, 0.4) is 0 Å². The Hall–Kier alpha value is -1.41. The van der Waals surface area contributed by atoms with Crippen LogP contribution in [0.4, 0.5) is 10.1 Å². The molecule has 0 unspecified atom stereocenters. The average molecular weight is 400 g/mol. The Balaban J connectivity index is 1.50. The highest BCUT2D eigenvalue weighted by Gasteiger charge is 2.19. The Labute approximate surface area is 161 Å². The van der Waals surface area contributed by atoms with Gasteiger partial charge in [0.15, 0.2) is 16.7 Å². The van der Waals surface area contributed by atoms with Gasteiger partial charge in [-0.25, -0.2) is 4.39 Å². The van der Waals surface area contributed by atoms with Crippen LogP contribution in [0.5, 0.6) is 5.75 Å². The normalized spacial score (nSPS) is 15.2. The van der Waals surface area contributed by atoms with E-state index in [4.69, 9.17) is 28.6 Å². The number of piperazine rings is 1. The number of ether oxygens (including phenoxy) is 1. The number of methoxy groups -OCH3 is 1. The van der Waals surface area contributed by atoms with Gasteiger partial charge in [0.2, 0.25) is 0 Å². The third-order valence-electron chi connectivity index (χ3n) is 4.07. The van der Waals surface area contributed by atoms with Gasteiger partial charge < -0.3 is 15.0 Å². The lowest BCUT2D eigenvalue weighted by atomic mass is 10.3. The van der Waals surface area contributed by atoms with E-state index in [1.165, 1.54) is 18.1 Å². The number of hydrogen-bond acceptors (Lipinski definition) is 4. The van der Waals surface area contributed by atoms with Crippen LogP contribution < -0.4 is 10.1 Å². The minimum absolute atomic E-state index is 0.221. The minimum Gasteiger partial charge on any atom is -0.494 e. The molecule has 1 aliphatic heterocycles. The third-order valence-corrected chi connectivity index (χ3v) is 5.65. The molecule has 0 saturated carbocycles. The second kappa shape index (κ2) is 8.31. The maximum atomic E-state index is 13.8. The minimum atomic E-state index is -0.408. The summed E-state index contributed by atoms with van der Waals surface area (Å²) in [6.07, 6.45) is 0. The number of anilines is 1. The number of nitrogens with one attached hydrogen (secondary N) is 1. The molecule has 0 atom stereocenters. The van der Waals surface area contributed by atoms with Gasteiger partial charge in [-0.15, -0.1) is 11.3 Å². The van der Waals surface area contributed by atoms with Gasteiger partial charge in [0.25, 0.3) is 0 Å². The first-order valence-corrected chi connectivity index (χ1v) is 9.51. The molecule has 1 saturated heterocycles. The van der Waals surface area contributed by atoms with Gasteiger partial charge in [0, 0.05) is 49.4 Å². The number of nitrogens with zero attached hydrogens (tertiary/aromatic N) is 2. The molecule has 2 heterocycles. The molecule has 3 rings (SSSR count). The van der Waals surface area contributed by atoms with E-state index in [0.717, 1.165) is 37.1 Å². The highest BCUT2D eigenvalue weighted by molar-refractivity contribution is 7.80. The molecule has 0 bridgehead atoms. The molecule has 1 aromatic carbocycles. The number of thiophene rings is 1. The van der Waals surface area contributed by atoms with E-state index in [1.807, 2.05) is 6.07 Å². The van der Waals surface area contributed by atoms with E-state index in [9.17, 15) is 4.39 Å². The fourth-order valence-corrected chi connectivity index (χ4v) is 4.14. The van der Waals surface area contributed by atoms with Crippen LogP contribution in [0.15, 0.2) is 30.3 Å². The first-order chi connectivity index (χ1) is 12.0. The van der Waals surface area contributed by atoms with Crippen molar-refractivity contribution in [3.63, 3.8) is 0 Å². The standard InChI is InChI=1S/C17H19ClFN3OS2/c1-23-15-4-2-12(10-14(15)19)20-17(24)22-8-6-21(7-9-22)11-13-3-5-16(18)25-13/h2-5,10H,6-9,11H2,1H3,(H,20,24). The van der Waals surface area contributed by atoms with Gasteiger partial charge in [-0.1, -0.05) is 11.6 Å². The molecule has 1 N–H and O–H groups in total. The van der Waals surface area contributed by atoms with Crippen molar-refractivity contribution >= 4 is 46.0 Å². The Bertz CT molecular complexity index is 747. The molecule has 0 aliphatic carbocycles. The third kappa shape index (κ3) is 4.82. The predicted octanol–water partition coefficient (Wildman–Crippen LogP) is 4.06. The molecule has 1 aliphatic rings. The summed E-state index contributed by atoms with van der Waals surface area (Å²) >= 11 is 13.1. The molecule has 4 nitrogen and oxygen atoms in total. The average Bonchev–Trinajstić information content (AvgIpc) is 3.00. The van der Waals surface area contributed by atoms with Crippen molar-refractivity contribution in [2.75, 3.05) is 38.6 Å². The number of thiocarbonyl (C=S) groups is 1. The summed E-state index contributed by atoms with van der Waals surface area (Å²) in [6, 6.07) is 8.74. The molecule has 0 amide bonds. The lowest BCUT2D eigenvalue weighted by Gasteiger charge is -2.36. The first kappa shape index (κ1) is 18.4. The Morgan fingerprint density at radius 2 is 2.04 bits per heavy atom. The van der Waals surface area contributed by atoms with Gasteiger partial charge in [-0.2, -0.15) is 0 Å². The Morgan fingerprint density at radius 1 is 1.28 bits per heavy atom. The summed E-state index contributed by atoms with van der Waals surface area (Å²) in [6.45, 7) is 4.44. The Kier molecular flexibility index (Phi) is 6.11. The summed E-state index contributed by atoms with van der Waals surface area (Å²) in [5.41, 5.74) is 0.624. The van der Waals surface area contributed by atoms with Crippen molar-refractivity contribution in [1.82, 2.24) is 9.80 Å². The zero-order chi connectivity index (χ0) is 17.8. The monoisotopic (exact) mass is 399 g/mol. The fraction of sp³-hybridized carbons (Fsp3) is 0.353. The number of hydrogen-bond donors (Lipinski definition) is 1. The van der Waals surface area contributed by atoms with Crippen LogP contribution in [-0.2, 0) is 6.54 Å². The van der Waals surface area contributed by atoms with Crippen molar-refractivity contribution in [3.05, 3.63) is 45.4 Å². The highest BCUT2D eigenvalue weighted by Crippen LogP contribution is 2.23. The van der Waals surface area contributed by atoms with Crippen molar-refractivity contribution in [3.8, 4) is 5.75 Å². The van der Waals surface area contributed by atoms with Crippen LogP contribution in [0, 0.1) is 5.82 Å². The van der Waals surface area contributed by atoms with Gasteiger partial charge in [-0.3, -0.25) is 4.90 Å². The molecule has 134 valence electrons. The topological polar surface area (TPSA) is 27.7 Å². The van der Waals surface area contributed by atoms with Gasteiger partial charge >= 0.3 is 0 Å². The number of halogens is 2. The van der Waals surface area contributed by atoms with Crippen LogP contribution >= 0.6 is 35.2 Å². The van der Waals surface area contributed by atoms with Gasteiger partial charge in [-0.05, 0) is 36.5 Å². The molecule has 0 spiro atoms. The van der Waals surface area contributed by atoms with Gasteiger partial charge in [0.05, 0.1) is 11.4 Å². The van der Waals surface area contributed by atoms with E-state index in [1.54, 1.807) is 23.5 Å². The summed E-state index contributed by atoms with van der Waals surface area (Å²) < 4.78 is 19.5. The highest BCUT2D eigenvalue weighted by atomic mass is 35.5. The molecule has 2 aromatic rings. The predicted molar refractivity (Wildman–Crippen MR) is 105 cm³/mol. The molecule has 25 heavy (non-hydrogen) atoms. The summed E-state index contributed by atoms with van der Waals surface area (Å²) in [5, 5.41) is 3.71. The second-order valence-electron chi connectivity index (χ2n) is 5.75. The fourth-order valence-electron chi connectivity index (χ4n) is 2.71. The van der Waals surface area contributed by atoms with E-state index >= 15 is 0 Å². The molecule has 8 heteroatoms. The zero-order valence-corrected chi connectivity index (χ0v) is 16.2. The first-order valence-electron chi connectivity index (χ1n) is 7.91. The smallest absolute Gasteiger partial charge is 0.173 e. The number of rotatable bonds is 4. The van der Waals surface area contributed by atoms with Crippen molar-refractivity contribution in [2.24, 2.45) is 0 Å². The second-order valence-corrected chi connectivity index (χ2v) is 7.93. The maximum absolute atomic E-state index is 13.8. The van der Waals surface area contributed by atoms with E-state index in [0.29, 0.717) is 10.8 Å². The largest absolute Gasteiger partial charge is 0.494 e. The summed E-state index contributed by atoms with van der Waals surface area (Å²) in [4.78, 5) is 5.76. The quantitative estimate of drug-likeness (QED) is 0.782. The maximum Gasteiger partial charge on any atom is 0.173 e. The van der Waals surface area contributed by atoms with Crippen LogP contribution in [0.2, 0.25) is 4.34 Å². The van der Waals surface area contributed by atoms with Gasteiger partial charge in [0.1, 0.15) is 0 Å². The lowest BCUT2D eigenvalue weighted by Crippen LogP contribution is -2.49. The SMILES string of the molecule is COc1ccc(NC(=S)N2CCN(Cc3ccc(Cl)s3)CC2)cc1F. The summed E-state index contributed by atoms with van der Waals surface area (Å²) in [7, 11) is 1.44. The van der Waals surface area contributed by atoms with Crippen LogP contribution in [-0.4, -0.2) is 48.2 Å². The van der Waals surface area contributed by atoms with Crippen molar-refractivity contribution < 1.29 is 9.13 Å². The molecule has 0 radical (unpaired) electrons. The number of benzene rings is 1. The summed E-state index contributed by atoms with van der Waals surface area (Å²) in [5.74, 6) is -0.187. The lowest BCUT2D eigenvalue weighted by molar-refractivity contribution is 0.178. The molecular formula is C17H19ClFN3OS2. The molecule has 1 fully saturated rings. The Morgan fingerprint density at radius 3 is 2.64 bits per heavy atom. The molecular weight excluding hydrogens is 381 g/mol. The van der Waals surface area contributed by atoms with Crippen molar-refractivity contribution in [1.29, 1.82) is 0 Å². The van der Waals surface area contributed by atoms with Crippen LogP contribution in [0.1, 0.15) is 4.88 Å². The van der Waals surface area contributed by atoms with Crippen molar-refractivity contribution in [2.45, 2.75) is 6.54 Å². The zero-order valence-electron chi connectivity index (χ0n) is 13.8. The van der Waals surface area contributed by atoms with E-state index in [2.05, 4.69) is 21.2 Å². The van der Waals surface area contributed by atoms with E-state index < -0.39 is 5.82 Å². The van der Waals surface area contributed by atoms with Crippen LogP contribution in [0.25, 0.3) is 0 Å². The molecule has 1 aromatic heterocycles. The van der Waals surface area contributed by atoms with E-state index in [-0.39, 0.29) is 5.75 Å².